The first-order valence-electron chi connectivity index (χ1n) is 13.7. The van der Waals surface area contributed by atoms with Crippen molar-refractivity contribution in [2.75, 3.05) is 22.9 Å². The van der Waals surface area contributed by atoms with E-state index in [2.05, 4.69) is 87.7 Å². The van der Waals surface area contributed by atoms with Gasteiger partial charge in [0.15, 0.2) is 0 Å². The molecule has 0 bridgehead atoms. The van der Waals surface area contributed by atoms with E-state index in [9.17, 15) is 9.90 Å². The van der Waals surface area contributed by atoms with Crippen LogP contribution in [-0.2, 0) is 11.2 Å². The van der Waals surface area contributed by atoms with Crippen LogP contribution >= 0.6 is 0 Å². The number of hydrogen-bond donors (Lipinski definition) is 1. The predicted molar refractivity (Wildman–Crippen MR) is 158 cm³/mol. The second kappa shape index (κ2) is 12.8. The normalized spacial score (nSPS) is 15.1. The molecule has 0 amide bonds. The van der Waals surface area contributed by atoms with E-state index in [1.165, 1.54) is 5.69 Å². The summed E-state index contributed by atoms with van der Waals surface area (Å²) in [5.74, 6) is -0.0754. The van der Waals surface area contributed by atoms with E-state index in [1.807, 2.05) is 19.1 Å². The van der Waals surface area contributed by atoms with Crippen molar-refractivity contribution in [3.05, 3.63) is 77.1 Å². The fourth-order valence-electron chi connectivity index (χ4n) is 5.03. The number of nitrogens with zero attached hydrogens (tertiary/aromatic N) is 3. The molecule has 1 N–H and O–H groups in total. The minimum Gasteiger partial charge on any atom is -0.507 e. The first kappa shape index (κ1) is 28.2. The van der Waals surface area contributed by atoms with Crippen molar-refractivity contribution in [1.29, 1.82) is 0 Å². The van der Waals surface area contributed by atoms with Crippen LogP contribution in [0.2, 0.25) is 0 Å². The highest BCUT2D eigenvalue weighted by atomic mass is 16.3. The molecule has 2 aromatic rings. The van der Waals surface area contributed by atoms with Gasteiger partial charge < -0.3 is 14.9 Å². The molecule has 1 aliphatic carbocycles. The maximum atomic E-state index is 13.2. The van der Waals surface area contributed by atoms with Crippen LogP contribution in [0.1, 0.15) is 66.9 Å². The highest BCUT2D eigenvalue weighted by Gasteiger charge is 2.27. The molecule has 3 rings (SSSR count). The van der Waals surface area contributed by atoms with Crippen LogP contribution in [0.15, 0.2) is 76.5 Å². The minimum atomic E-state index is -0.185. The topological polar surface area (TPSA) is 56.1 Å². The lowest BCUT2D eigenvalue weighted by Gasteiger charge is -2.27. The molecule has 0 unspecified atom stereocenters. The molecule has 0 saturated heterocycles. The second-order valence-electron chi connectivity index (χ2n) is 10.2. The van der Waals surface area contributed by atoms with E-state index in [1.54, 1.807) is 6.08 Å². The SMILES string of the molecule is CCCC1=C(O)C(Cc2ccc(N(CC)C(C)C)cc2)=CC(=Nc2ccc(N(CC)C(C)C)cc2)C1=O. The number of aliphatic hydroxyl groups is 1. The fraction of sp³-hybridized carbons (Fsp3) is 0.438. The number of carbonyl (C=O) groups is 1. The first-order valence-corrected chi connectivity index (χ1v) is 13.7. The molecule has 0 spiro atoms. The molecular weight excluding hydrogens is 458 g/mol. The number of anilines is 2. The molecule has 37 heavy (non-hydrogen) atoms. The van der Waals surface area contributed by atoms with Gasteiger partial charge in [-0.2, -0.15) is 0 Å². The van der Waals surface area contributed by atoms with Crippen molar-refractivity contribution in [2.45, 2.75) is 79.8 Å². The van der Waals surface area contributed by atoms with Gasteiger partial charge in [0.25, 0.3) is 0 Å². The number of aliphatic imine (C=N–C) groups is 1. The molecule has 2 aromatic carbocycles. The summed E-state index contributed by atoms with van der Waals surface area (Å²) in [5, 5.41) is 11.0. The minimum absolute atomic E-state index is 0.109. The Morgan fingerprint density at radius 1 is 0.811 bits per heavy atom. The second-order valence-corrected chi connectivity index (χ2v) is 10.2. The van der Waals surface area contributed by atoms with Crippen LogP contribution in [0.4, 0.5) is 17.1 Å². The van der Waals surface area contributed by atoms with E-state index in [-0.39, 0.29) is 11.5 Å². The number of rotatable bonds is 11. The Hall–Kier alpha value is -3.34. The Kier molecular flexibility index (Phi) is 9.73. The summed E-state index contributed by atoms with van der Waals surface area (Å²) in [5.41, 5.74) is 5.72. The Morgan fingerprint density at radius 3 is 1.78 bits per heavy atom. The molecule has 0 radical (unpaired) electrons. The molecule has 0 heterocycles. The number of Topliss-reactive ketones (excluding diaryl/α,β-unsaturated/α-hetero) is 1. The van der Waals surface area contributed by atoms with Crippen LogP contribution in [0.25, 0.3) is 0 Å². The van der Waals surface area contributed by atoms with Gasteiger partial charge in [0, 0.05) is 54.1 Å². The molecule has 5 heteroatoms. The van der Waals surface area contributed by atoms with Crippen LogP contribution in [0.5, 0.6) is 0 Å². The van der Waals surface area contributed by atoms with E-state index < -0.39 is 0 Å². The summed E-state index contributed by atoms with van der Waals surface area (Å²) in [6.07, 6.45) is 3.60. The third kappa shape index (κ3) is 6.71. The maximum Gasteiger partial charge on any atom is 0.211 e. The van der Waals surface area contributed by atoms with Crippen molar-refractivity contribution in [3.63, 3.8) is 0 Å². The van der Waals surface area contributed by atoms with Crippen LogP contribution in [0.3, 0.4) is 0 Å². The van der Waals surface area contributed by atoms with Gasteiger partial charge in [0.05, 0.1) is 5.69 Å². The van der Waals surface area contributed by atoms with E-state index in [0.29, 0.717) is 36.2 Å². The average molecular weight is 502 g/mol. The number of hydrogen-bond acceptors (Lipinski definition) is 5. The zero-order chi connectivity index (χ0) is 27.1. The van der Waals surface area contributed by atoms with Gasteiger partial charge in [0.1, 0.15) is 11.5 Å². The molecule has 5 nitrogen and oxygen atoms in total. The predicted octanol–water partition coefficient (Wildman–Crippen LogP) is 7.59. The molecule has 0 atom stereocenters. The van der Waals surface area contributed by atoms with Gasteiger partial charge in [0.2, 0.25) is 5.78 Å². The van der Waals surface area contributed by atoms with E-state index >= 15 is 0 Å². The number of benzene rings is 2. The molecular formula is C32H43N3O2. The maximum absolute atomic E-state index is 13.2. The smallest absolute Gasteiger partial charge is 0.211 e. The van der Waals surface area contributed by atoms with Crippen molar-refractivity contribution in [3.8, 4) is 0 Å². The molecule has 198 valence electrons. The summed E-state index contributed by atoms with van der Waals surface area (Å²) >= 11 is 0. The zero-order valence-electron chi connectivity index (χ0n) is 23.6. The largest absolute Gasteiger partial charge is 0.507 e. The van der Waals surface area contributed by atoms with Gasteiger partial charge >= 0.3 is 0 Å². The average Bonchev–Trinajstić information content (AvgIpc) is 2.87. The van der Waals surface area contributed by atoms with Gasteiger partial charge in [-0.15, -0.1) is 0 Å². The van der Waals surface area contributed by atoms with Crippen molar-refractivity contribution in [2.24, 2.45) is 4.99 Å². The molecule has 0 saturated carbocycles. The number of carbonyl (C=O) groups excluding carboxylic acids is 1. The quantitative estimate of drug-likeness (QED) is 0.322. The monoisotopic (exact) mass is 501 g/mol. The fourth-order valence-corrected chi connectivity index (χ4v) is 5.03. The Labute approximate surface area is 223 Å². The summed E-state index contributed by atoms with van der Waals surface area (Å²) in [6.45, 7) is 16.9. The molecule has 0 aromatic heterocycles. The Balaban J connectivity index is 1.92. The van der Waals surface area contributed by atoms with Crippen molar-refractivity contribution >= 4 is 28.6 Å². The van der Waals surface area contributed by atoms with Crippen molar-refractivity contribution < 1.29 is 9.90 Å². The highest BCUT2D eigenvalue weighted by molar-refractivity contribution is 6.51. The van der Waals surface area contributed by atoms with Gasteiger partial charge in [-0.05, 0) is 96.0 Å². The molecule has 1 aliphatic rings. The molecule has 0 aliphatic heterocycles. The number of ketones is 1. The Morgan fingerprint density at radius 2 is 1.32 bits per heavy atom. The van der Waals surface area contributed by atoms with Crippen molar-refractivity contribution in [1.82, 2.24) is 0 Å². The van der Waals surface area contributed by atoms with Crippen LogP contribution < -0.4 is 9.80 Å². The third-order valence-corrected chi connectivity index (χ3v) is 6.93. The Bertz CT molecular complexity index is 1160. The van der Waals surface area contributed by atoms with Crippen LogP contribution in [-0.4, -0.2) is 41.8 Å². The number of allylic oxidation sites excluding steroid dienone is 3. The summed E-state index contributed by atoms with van der Waals surface area (Å²) in [4.78, 5) is 22.6. The summed E-state index contributed by atoms with van der Waals surface area (Å²) in [6, 6.07) is 17.3. The third-order valence-electron chi connectivity index (χ3n) is 6.93. The lowest BCUT2D eigenvalue weighted by Crippen LogP contribution is -2.30. The first-order chi connectivity index (χ1) is 17.7. The van der Waals surface area contributed by atoms with E-state index in [4.69, 9.17) is 4.99 Å². The summed E-state index contributed by atoms with van der Waals surface area (Å²) < 4.78 is 0. The van der Waals surface area contributed by atoms with Gasteiger partial charge in [-0.25, -0.2) is 4.99 Å². The lowest BCUT2D eigenvalue weighted by atomic mass is 9.88. The van der Waals surface area contributed by atoms with Crippen LogP contribution in [0, 0.1) is 0 Å². The van der Waals surface area contributed by atoms with E-state index in [0.717, 1.165) is 42.0 Å². The summed E-state index contributed by atoms with van der Waals surface area (Å²) in [7, 11) is 0. The lowest BCUT2D eigenvalue weighted by molar-refractivity contribution is -0.110. The molecule has 0 fully saturated rings. The highest BCUT2D eigenvalue weighted by Crippen LogP contribution is 2.29. The zero-order valence-corrected chi connectivity index (χ0v) is 23.6. The number of aliphatic hydroxyl groups excluding tert-OH is 1. The standard InChI is InChI=1S/C32H43N3O2/c1-8-11-29-31(36)25(20-24-12-16-27(17-13-24)34(9-2)22(4)5)21-30(32(29)37)33-26-14-18-28(19-15-26)35(10-3)23(6)7/h12-19,21-23,36H,8-11,20H2,1-7H3. The van der Waals surface area contributed by atoms with Gasteiger partial charge in [-0.1, -0.05) is 25.5 Å². The van der Waals surface area contributed by atoms with Gasteiger partial charge in [-0.3, -0.25) is 4.79 Å².